The Hall–Kier alpha value is -1.68. The summed E-state index contributed by atoms with van der Waals surface area (Å²) in [5.74, 6) is 2.31. The molecule has 1 aliphatic heterocycles. The molecule has 0 aliphatic carbocycles. The van der Waals surface area contributed by atoms with E-state index in [0.29, 0.717) is 24.7 Å². The number of fused-ring (bicyclic) bond motifs is 1. The first-order chi connectivity index (χ1) is 13.7. The van der Waals surface area contributed by atoms with E-state index in [4.69, 9.17) is 18.9 Å². The number of carbonyl (C=O) groups is 1. The van der Waals surface area contributed by atoms with Crippen molar-refractivity contribution in [1.29, 1.82) is 0 Å². The Morgan fingerprint density at radius 2 is 2.07 bits per heavy atom. The molecule has 1 unspecified atom stereocenters. The van der Waals surface area contributed by atoms with Crippen LogP contribution >= 0.6 is 33.9 Å². The molecule has 0 spiro atoms. The van der Waals surface area contributed by atoms with Crippen LogP contribution in [0.15, 0.2) is 23.6 Å². The number of nitrogens with zero attached hydrogens (tertiary/aromatic N) is 1. The van der Waals surface area contributed by atoms with E-state index in [1.54, 1.807) is 30.5 Å². The first-order valence-corrected chi connectivity index (χ1v) is 11.3. The van der Waals surface area contributed by atoms with Crippen LogP contribution in [0.25, 0.3) is 0 Å². The lowest BCUT2D eigenvalue weighted by Gasteiger charge is -2.35. The van der Waals surface area contributed by atoms with Gasteiger partial charge in [0.05, 0.1) is 30.4 Å². The van der Waals surface area contributed by atoms with Gasteiger partial charge in [0.1, 0.15) is 29.5 Å². The second kappa shape index (κ2) is 8.99. The maximum atomic E-state index is 13.1. The van der Waals surface area contributed by atoms with Crippen LogP contribution in [0.5, 0.6) is 17.2 Å². The molecule has 8 heteroatoms. The van der Waals surface area contributed by atoms with Gasteiger partial charge in [0.25, 0.3) is 0 Å². The molecule has 2 heterocycles. The zero-order valence-electron chi connectivity index (χ0n) is 17.3. The lowest BCUT2D eigenvalue weighted by Crippen LogP contribution is -2.47. The first-order valence-electron chi connectivity index (χ1n) is 9.31. The molecule has 0 radical (unpaired) electrons. The molecule has 0 bridgehead atoms. The molecule has 1 atom stereocenters. The molecular formula is C21H26INO5S. The van der Waals surface area contributed by atoms with Crippen molar-refractivity contribution in [3.05, 3.63) is 37.6 Å². The van der Waals surface area contributed by atoms with Crippen LogP contribution in [0.1, 0.15) is 31.2 Å². The number of hydrogen-bond donors (Lipinski definition) is 0. The van der Waals surface area contributed by atoms with Crippen LogP contribution in [0.4, 0.5) is 4.79 Å². The predicted octanol–water partition coefficient (Wildman–Crippen LogP) is 5.11. The monoisotopic (exact) mass is 531 g/mol. The third-order valence-corrected chi connectivity index (χ3v) is 6.73. The zero-order chi connectivity index (χ0) is 21.2. The van der Waals surface area contributed by atoms with E-state index in [1.165, 1.54) is 0 Å². The minimum absolute atomic E-state index is 0.126. The molecule has 1 aromatic heterocycles. The van der Waals surface area contributed by atoms with Crippen molar-refractivity contribution in [2.45, 2.75) is 45.4 Å². The predicted molar refractivity (Wildman–Crippen MR) is 121 cm³/mol. The highest BCUT2D eigenvalue weighted by molar-refractivity contribution is 14.1. The highest BCUT2D eigenvalue weighted by Crippen LogP contribution is 2.37. The zero-order valence-corrected chi connectivity index (χ0v) is 20.3. The molecule has 3 rings (SSSR count). The lowest BCUT2D eigenvalue weighted by atomic mass is 10.1. The molecule has 2 aromatic rings. The number of carbonyl (C=O) groups excluding carboxylic acids is 1. The number of amides is 1. The number of rotatable bonds is 5. The van der Waals surface area contributed by atoms with Crippen LogP contribution in [-0.4, -0.2) is 43.5 Å². The maximum Gasteiger partial charge on any atom is 0.410 e. The van der Waals surface area contributed by atoms with Gasteiger partial charge in [-0.1, -0.05) is 0 Å². The summed E-state index contributed by atoms with van der Waals surface area (Å²) in [4.78, 5) is 16.0. The smallest absolute Gasteiger partial charge is 0.410 e. The van der Waals surface area contributed by atoms with Gasteiger partial charge in [-0.3, -0.25) is 4.90 Å². The molecule has 1 aliphatic rings. The Morgan fingerprint density at radius 1 is 1.31 bits per heavy atom. The van der Waals surface area contributed by atoms with Crippen LogP contribution in [0.2, 0.25) is 0 Å². The number of ether oxygens (including phenoxy) is 4. The van der Waals surface area contributed by atoms with Gasteiger partial charge in [0.2, 0.25) is 0 Å². The highest BCUT2D eigenvalue weighted by atomic mass is 127. The minimum atomic E-state index is -0.585. The topological polar surface area (TPSA) is 57.2 Å². The van der Waals surface area contributed by atoms with Gasteiger partial charge in [0.15, 0.2) is 0 Å². The Bertz CT molecular complexity index is 876. The minimum Gasteiger partial charge on any atom is -0.497 e. The molecule has 0 N–H and O–H groups in total. The molecule has 158 valence electrons. The fraction of sp³-hybridized carbons (Fsp3) is 0.476. The quantitative estimate of drug-likeness (QED) is 0.502. The summed E-state index contributed by atoms with van der Waals surface area (Å²) < 4.78 is 23.6. The highest BCUT2D eigenvalue weighted by Gasteiger charge is 2.34. The third kappa shape index (κ3) is 5.28. The van der Waals surface area contributed by atoms with E-state index in [-0.39, 0.29) is 12.1 Å². The molecule has 0 saturated carbocycles. The van der Waals surface area contributed by atoms with E-state index in [9.17, 15) is 4.79 Å². The summed E-state index contributed by atoms with van der Waals surface area (Å²) in [6.07, 6.45) is 0.374. The fourth-order valence-electron chi connectivity index (χ4n) is 3.14. The van der Waals surface area contributed by atoms with Gasteiger partial charge in [0, 0.05) is 28.3 Å². The second-order valence-corrected chi connectivity index (χ2v) is 9.92. The van der Waals surface area contributed by atoms with Crippen molar-refractivity contribution in [3.63, 3.8) is 0 Å². The van der Waals surface area contributed by atoms with Crippen molar-refractivity contribution >= 4 is 40.0 Å². The van der Waals surface area contributed by atoms with Crippen molar-refractivity contribution in [3.8, 4) is 17.2 Å². The van der Waals surface area contributed by atoms with Crippen molar-refractivity contribution in [1.82, 2.24) is 4.90 Å². The number of thiophene rings is 1. The van der Waals surface area contributed by atoms with Crippen molar-refractivity contribution in [2.75, 3.05) is 20.8 Å². The summed E-state index contributed by atoms with van der Waals surface area (Å²) >= 11 is 3.94. The Labute approximate surface area is 189 Å². The average Bonchev–Trinajstić information content (AvgIpc) is 3.04. The van der Waals surface area contributed by atoms with Gasteiger partial charge >= 0.3 is 6.09 Å². The Kier molecular flexibility index (Phi) is 6.83. The molecule has 1 amide bonds. The van der Waals surface area contributed by atoms with Gasteiger partial charge in [-0.05, 0) is 55.5 Å². The van der Waals surface area contributed by atoms with Gasteiger partial charge in [-0.2, -0.15) is 0 Å². The van der Waals surface area contributed by atoms with E-state index in [2.05, 4.69) is 28.0 Å². The Morgan fingerprint density at radius 3 is 2.72 bits per heavy atom. The van der Waals surface area contributed by atoms with Crippen LogP contribution in [-0.2, 0) is 17.7 Å². The van der Waals surface area contributed by atoms with Crippen LogP contribution < -0.4 is 14.2 Å². The van der Waals surface area contributed by atoms with E-state index in [0.717, 1.165) is 26.2 Å². The number of halogens is 1. The molecular weight excluding hydrogens is 505 g/mol. The van der Waals surface area contributed by atoms with E-state index < -0.39 is 5.60 Å². The summed E-state index contributed by atoms with van der Waals surface area (Å²) in [5.41, 5.74) is 0.295. The van der Waals surface area contributed by atoms with Gasteiger partial charge in [-0.15, -0.1) is 11.3 Å². The van der Waals surface area contributed by atoms with Crippen LogP contribution in [0.3, 0.4) is 0 Å². The van der Waals surface area contributed by atoms with Gasteiger partial charge in [-0.25, -0.2) is 4.79 Å². The SMILES string of the molecule is COc1ccc(CN(C(=O)OC(C)(C)C)C2COc3c(I)csc3C2)c(OC)c1. The molecule has 29 heavy (non-hydrogen) atoms. The molecule has 1 aromatic carbocycles. The van der Waals surface area contributed by atoms with Crippen molar-refractivity contribution < 1.29 is 23.7 Å². The third-order valence-electron chi connectivity index (χ3n) is 4.52. The second-order valence-electron chi connectivity index (χ2n) is 7.79. The number of methoxy groups -OCH3 is 2. The standard InChI is InChI=1S/C21H26INO5S/c1-21(2,3)28-20(24)23(10-13-6-7-15(25-4)9-17(13)26-5)14-8-18-19(27-11-14)16(22)12-29-18/h6-7,9,12,14H,8,10-11H2,1-5H3. The molecule has 0 saturated heterocycles. The molecule has 6 nitrogen and oxygen atoms in total. The summed E-state index contributed by atoms with van der Waals surface area (Å²) in [5, 5.41) is 2.08. The van der Waals surface area contributed by atoms with Gasteiger partial charge < -0.3 is 18.9 Å². The van der Waals surface area contributed by atoms with E-state index in [1.807, 2.05) is 39.0 Å². The summed E-state index contributed by atoms with van der Waals surface area (Å²) in [6, 6.07) is 5.47. The van der Waals surface area contributed by atoms with Crippen LogP contribution in [0, 0.1) is 3.57 Å². The fourth-order valence-corrected chi connectivity index (χ4v) is 5.10. The average molecular weight is 531 g/mol. The largest absolute Gasteiger partial charge is 0.497 e. The number of hydrogen-bond acceptors (Lipinski definition) is 6. The van der Waals surface area contributed by atoms with Crippen molar-refractivity contribution in [2.24, 2.45) is 0 Å². The summed E-state index contributed by atoms with van der Waals surface area (Å²) in [6.45, 7) is 6.39. The number of benzene rings is 1. The normalized spacial score (nSPS) is 15.9. The lowest BCUT2D eigenvalue weighted by molar-refractivity contribution is 0.00657. The maximum absolute atomic E-state index is 13.1. The molecule has 0 fully saturated rings. The summed E-state index contributed by atoms with van der Waals surface area (Å²) in [7, 11) is 3.22. The van der Waals surface area contributed by atoms with E-state index >= 15 is 0 Å². The first kappa shape index (κ1) is 22.0. The Balaban J connectivity index is 1.89.